The van der Waals surface area contributed by atoms with Gasteiger partial charge in [-0.2, -0.15) is 8.42 Å². The summed E-state index contributed by atoms with van der Waals surface area (Å²) in [5, 5.41) is 9.75. The molecule has 0 saturated heterocycles. The predicted molar refractivity (Wildman–Crippen MR) is 71.8 cm³/mol. The second kappa shape index (κ2) is 6.48. The van der Waals surface area contributed by atoms with Gasteiger partial charge in [-0.1, -0.05) is 18.2 Å². The Kier molecular flexibility index (Phi) is 5.22. The van der Waals surface area contributed by atoms with Crippen molar-refractivity contribution in [3.8, 4) is 0 Å². The molecule has 8 nitrogen and oxygen atoms in total. The van der Waals surface area contributed by atoms with E-state index in [1.54, 1.807) is 0 Å². The molecule has 2 rings (SSSR count). The number of rotatable bonds is 3. The van der Waals surface area contributed by atoms with E-state index in [1.807, 2.05) is 30.5 Å². The smallest absolute Gasteiger partial charge is 0.394 e. The zero-order valence-corrected chi connectivity index (χ0v) is 11.0. The quantitative estimate of drug-likeness (QED) is 0.516. The summed E-state index contributed by atoms with van der Waals surface area (Å²) in [5.74, 6) is -0.972. The summed E-state index contributed by atoms with van der Waals surface area (Å²) in [6, 6.07) is 6.91. The Labute approximate surface area is 114 Å². The number of aliphatic carboxylic acids is 1. The summed E-state index contributed by atoms with van der Waals surface area (Å²) in [6.45, 7) is 0. The van der Waals surface area contributed by atoms with Crippen LogP contribution in [0.1, 0.15) is 5.56 Å². The first kappa shape index (κ1) is 16.1. The van der Waals surface area contributed by atoms with Crippen LogP contribution in [0.25, 0.3) is 10.9 Å². The number of hydrogen-bond acceptors (Lipinski definition) is 4. The number of carboxylic acids is 1. The van der Waals surface area contributed by atoms with Gasteiger partial charge >= 0.3 is 16.4 Å². The Balaban J connectivity index is 0.000000347. The number of aromatic amines is 1. The lowest BCUT2D eigenvalue weighted by atomic mass is 10.1. The molecular weight excluding hydrogens is 288 g/mol. The van der Waals surface area contributed by atoms with E-state index in [2.05, 4.69) is 4.98 Å². The summed E-state index contributed by atoms with van der Waals surface area (Å²) >= 11 is 0. The number of hydrogen-bond donors (Lipinski definition) is 5. The van der Waals surface area contributed by atoms with Gasteiger partial charge in [-0.15, -0.1) is 0 Å². The topological polar surface area (TPSA) is 154 Å². The maximum absolute atomic E-state index is 10.6. The highest BCUT2D eigenvalue weighted by molar-refractivity contribution is 7.79. The van der Waals surface area contributed by atoms with Crippen LogP contribution in [0, 0.1) is 0 Å². The van der Waals surface area contributed by atoms with Crippen LogP contribution in [0.5, 0.6) is 0 Å². The molecule has 1 unspecified atom stereocenters. The van der Waals surface area contributed by atoms with Crippen LogP contribution in [0.4, 0.5) is 0 Å². The van der Waals surface area contributed by atoms with Gasteiger partial charge in [-0.3, -0.25) is 13.9 Å². The SMILES string of the molecule is NC(Cc1c[nH]c2ccccc12)C(=O)O.O=S(=O)(O)O. The Morgan fingerprint density at radius 3 is 2.40 bits per heavy atom. The number of nitrogens with one attached hydrogen (secondary N) is 1. The maximum atomic E-state index is 10.6. The van der Waals surface area contributed by atoms with Gasteiger partial charge in [0, 0.05) is 23.5 Å². The minimum atomic E-state index is -4.67. The number of H-pyrrole nitrogens is 1. The Morgan fingerprint density at radius 2 is 1.85 bits per heavy atom. The normalized spacial score (nSPS) is 12.6. The summed E-state index contributed by atoms with van der Waals surface area (Å²) in [6.07, 6.45) is 2.16. The molecule has 0 radical (unpaired) electrons. The van der Waals surface area contributed by atoms with Crippen LogP contribution in [-0.4, -0.2) is 39.6 Å². The van der Waals surface area contributed by atoms with Crippen LogP contribution in [0.2, 0.25) is 0 Å². The number of fused-ring (bicyclic) bond motifs is 1. The summed E-state index contributed by atoms with van der Waals surface area (Å²) in [4.78, 5) is 13.7. The molecular formula is C11H14N2O6S. The predicted octanol–water partition coefficient (Wildman–Crippen LogP) is 0.470. The molecule has 1 heterocycles. The fourth-order valence-corrected chi connectivity index (χ4v) is 1.62. The average Bonchev–Trinajstić information content (AvgIpc) is 2.70. The summed E-state index contributed by atoms with van der Waals surface area (Å²) in [5.41, 5.74) is 7.43. The van der Waals surface area contributed by atoms with Crippen LogP contribution < -0.4 is 5.73 Å². The molecule has 1 atom stereocenters. The second-order valence-electron chi connectivity index (χ2n) is 3.96. The van der Waals surface area contributed by atoms with E-state index in [0.717, 1.165) is 16.5 Å². The molecule has 0 aliphatic carbocycles. The molecule has 6 N–H and O–H groups in total. The van der Waals surface area contributed by atoms with Gasteiger partial charge in [-0.05, 0) is 11.6 Å². The maximum Gasteiger partial charge on any atom is 0.394 e. The highest BCUT2D eigenvalue weighted by atomic mass is 32.3. The molecule has 0 aliphatic rings. The van der Waals surface area contributed by atoms with Gasteiger partial charge in [-0.25, -0.2) is 0 Å². The van der Waals surface area contributed by atoms with Crippen LogP contribution in [-0.2, 0) is 21.6 Å². The molecule has 0 amide bonds. The standard InChI is InChI=1S/C11H12N2O2.H2O4S/c12-9(11(14)15)5-7-6-13-10-4-2-1-3-8(7)10;1-5(2,3)4/h1-4,6,9,13H,5,12H2,(H,14,15);(H2,1,2,3,4). The van der Waals surface area contributed by atoms with Crippen molar-refractivity contribution < 1.29 is 27.4 Å². The third-order valence-electron chi connectivity index (χ3n) is 2.43. The largest absolute Gasteiger partial charge is 0.480 e. The Morgan fingerprint density at radius 1 is 1.30 bits per heavy atom. The number of benzene rings is 1. The monoisotopic (exact) mass is 302 g/mol. The molecule has 0 bridgehead atoms. The first-order valence-electron chi connectivity index (χ1n) is 5.41. The molecule has 1 aromatic carbocycles. The van der Waals surface area contributed by atoms with E-state index in [0.29, 0.717) is 6.42 Å². The average molecular weight is 302 g/mol. The third-order valence-corrected chi connectivity index (χ3v) is 2.43. The fourth-order valence-electron chi connectivity index (χ4n) is 1.62. The molecule has 0 fully saturated rings. The van der Waals surface area contributed by atoms with Crippen molar-refractivity contribution >= 4 is 27.3 Å². The van der Waals surface area contributed by atoms with Crippen molar-refractivity contribution in [2.75, 3.05) is 0 Å². The molecule has 110 valence electrons. The zero-order valence-electron chi connectivity index (χ0n) is 10.2. The number of para-hydroxylation sites is 1. The lowest BCUT2D eigenvalue weighted by Gasteiger charge is -2.04. The highest BCUT2D eigenvalue weighted by Gasteiger charge is 2.14. The molecule has 0 spiro atoms. The van der Waals surface area contributed by atoms with Crippen LogP contribution >= 0.6 is 0 Å². The number of carbonyl (C=O) groups is 1. The zero-order chi connectivity index (χ0) is 15.3. The summed E-state index contributed by atoms with van der Waals surface area (Å²) in [7, 11) is -4.67. The van der Waals surface area contributed by atoms with Crippen molar-refractivity contribution in [1.82, 2.24) is 4.98 Å². The van der Waals surface area contributed by atoms with Gasteiger partial charge in [0.15, 0.2) is 0 Å². The van der Waals surface area contributed by atoms with Crippen molar-refractivity contribution in [2.24, 2.45) is 5.73 Å². The van der Waals surface area contributed by atoms with E-state index in [9.17, 15) is 4.79 Å². The lowest BCUT2D eigenvalue weighted by Crippen LogP contribution is -2.32. The lowest BCUT2D eigenvalue weighted by molar-refractivity contribution is -0.138. The van der Waals surface area contributed by atoms with E-state index < -0.39 is 22.4 Å². The first-order valence-corrected chi connectivity index (χ1v) is 6.81. The van der Waals surface area contributed by atoms with E-state index >= 15 is 0 Å². The Hall–Kier alpha value is -1.94. The van der Waals surface area contributed by atoms with Gasteiger partial charge in [0.05, 0.1) is 0 Å². The van der Waals surface area contributed by atoms with Gasteiger partial charge in [0.2, 0.25) is 0 Å². The highest BCUT2D eigenvalue weighted by Crippen LogP contribution is 2.18. The molecule has 0 aliphatic heterocycles. The van der Waals surface area contributed by atoms with Crippen LogP contribution in [0.3, 0.4) is 0 Å². The first-order chi connectivity index (χ1) is 9.18. The minimum Gasteiger partial charge on any atom is -0.480 e. The van der Waals surface area contributed by atoms with E-state index in [-0.39, 0.29) is 0 Å². The number of aromatic nitrogens is 1. The number of nitrogens with two attached hydrogens (primary N) is 1. The minimum absolute atomic E-state index is 0.347. The Bertz CT molecular complexity index is 686. The molecule has 2 aromatic rings. The fraction of sp³-hybridized carbons (Fsp3) is 0.182. The van der Waals surface area contributed by atoms with Crippen LogP contribution in [0.15, 0.2) is 30.5 Å². The molecule has 9 heteroatoms. The van der Waals surface area contributed by atoms with Gasteiger partial charge in [0.1, 0.15) is 6.04 Å². The second-order valence-corrected chi connectivity index (χ2v) is 4.85. The van der Waals surface area contributed by atoms with Crippen molar-refractivity contribution in [3.63, 3.8) is 0 Å². The van der Waals surface area contributed by atoms with Gasteiger partial charge < -0.3 is 15.8 Å². The van der Waals surface area contributed by atoms with Gasteiger partial charge in [0.25, 0.3) is 0 Å². The summed E-state index contributed by atoms with van der Waals surface area (Å²) < 4.78 is 31.6. The third kappa shape index (κ3) is 5.36. The molecule has 20 heavy (non-hydrogen) atoms. The number of carboxylic acid groups (broad SMARTS) is 1. The van der Waals surface area contributed by atoms with E-state index in [1.165, 1.54) is 0 Å². The van der Waals surface area contributed by atoms with Crippen molar-refractivity contribution in [2.45, 2.75) is 12.5 Å². The molecule has 1 aromatic heterocycles. The van der Waals surface area contributed by atoms with Crippen molar-refractivity contribution in [3.05, 3.63) is 36.0 Å². The van der Waals surface area contributed by atoms with E-state index in [4.69, 9.17) is 28.4 Å². The van der Waals surface area contributed by atoms with Crippen molar-refractivity contribution in [1.29, 1.82) is 0 Å². The molecule has 0 saturated carbocycles.